The fourth-order valence-electron chi connectivity index (χ4n) is 1.14. The Bertz CT molecular complexity index is 559. The number of nitrogens with zero attached hydrogens (tertiary/aromatic N) is 3. The van der Waals surface area contributed by atoms with Crippen LogP contribution in [0.2, 0.25) is 5.02 Å². The molecule has 88 valence electrons. The highest BCUT2D eigenvalue weighted by atomic mass is 35.5. The van der Waals surface area contributed by atoms with E-state index in [9.17, 15) is 4.39 Å². The standard InChI is InChI=1S/C9H8ClFN6/c10-5-3-4(11)1-2-6(5)14-15-7-8(12)16-17-9(7)13/h1-3H,(H5,12,13,16,17). The van der Waals surface area contributed by atoms with Crippen molar-refractivity contribution >= 4 is 34.6 Å². The molecule has 0 aliphatic carbocycles. The van der Waals surface area contributed by atoms with Gasteiger partial charge in [-0.3, -0.25) is 5.10 Å². The quantitative estimate of drug-likeness (QED) is 0.718. The van der Waals surface area contributed by atoms with Crippen LogP contribution in [0.5, 0.6) is 0 Å². The first kappa shape index (κ1) is 11.3. The summed E-state index contributed by atoms with van der Waals surface area (Å²) >= 11 is 5.77. The Balaban J connectivity index is 2.32. The normalized spacial score (nSPS) is 11.2. The second-order valence-electron chi connectivity index (χ2n) is 3.17. The summed E-state index contributed by atoms with van der Waals surface area (Å²) in [6, 6.07) is 3.76. The number of aromatic amines is 1. The maximum absolute atomic E-state index is 12.8. The lowest BCUT2D eigenvalue weighted by molar-refractivity contribution is 0.628. The van der Waals surface area contributed by atoms with Crippen LogP contribution in [0.4, 0.5) is 27.4 Å². The summed E-state index contributed by atoms with van der Waals surface area (Å²) in [5.41, 5.74) is 11.6. The van der Waals surface area contributed by atoms with Gasteiger partial charge in [0.1, 0.15) is 17.3 Å². The van der Waals surface area contributed by atoms with Crippen molar-refractivity contribution in [2.75, 3.05) is 11.5 Å². The van der Waals surface area contributed by atoms with Gasteiger partial charge in [0.25, 0.3) is 0 Å². The molecule has 0 unspecified atom stereocenters. The molecular weight excluding hydrogens is 247 g/mol. The van der Waals surface area contributed by atoms with Gasteiger partial charge in [0.2, 0.25) is 0 Å². The summed E-state index contributed by atoms with van der Waals surface area (Å²) in [5.74, 6) is -0.120. The van der Waals surface area contributed by atoms with Crippen LogP contribution in [0.15, 0.2) is 28.4 Å². The molecule has 0 aliphatic rings. The van der Waals surface area contributed by atoms with Gasteiger partial charge >= 0.3 is 0 Å². The Hall–Kier alpha value is -2.15. The molecule has 0 bridgehead atoms. The van der Waals surface area contributed by atoms with Gasteiger partial charge < -0.3 is 11.5 Å². The van der Waals surface area contributed by atoms with E-state index in [1.165, 1.54) is 12.1 Å². The molecule has 5 N–H and O–H groups in total. The number of hydrogen-bond acceptors (Lipinski definition) is 5. The van der Waals surface area contributed by atoms with Crippen molar-refractivity contribution in [3.05, 3.63) is 29.0 Å². The molecule has 8 heteroatoms. The summed E-state index contributed by atoms with van der Waals surface area (Å²) in [6.07, 6.45) is 0. The third-order valence-electron chi connectivity index (χ3n) is 1.96. The van der Waals surface area contributed by atoms with Crippen molar-refractivity contribution in [2.24, 2.45) is 10.2 Å². The van der Waals surface area contributed by atoms with Crippen molar-refractivity contribution in [3.8, 4) is 0 Å². The summed E-state index contributed by atoms with van der Waals surface area (Å²) in [4.78, 5) is 0. The highest BCUT2D eigenvalue weighted by Gasteiger charge is 2.07. The van der Waals surface area contributed by atoms with Crippen LogP contribution in [0.1, 0.15) is 0 Å². The molecule has 0 saturated heterocycles. The number of aromatic nitrogens is 2. The Labute approximate surface area is 100 Å². The molecule has 0 radical (unpaired) electrons. The second-order valence-corrected chi connectivity index (χ2v) is 3.57. The van der Waals surface area contributed by atoms with Crippen LogP contribution in [-0.2, 0) is 0 Å². The average molecular weight is 255 g/mol. The molecule has 2 rings (SSSR count). The fraction of sp³-hybridized carbons (Fsp3) is 0. The molecule has 0 amide bonds. The minimum Gasteiger partial charge on any atom is -0.382 e. The minimum atomic E-state index is -0.448. The SMILES string of the molecule is Nc1n[nH]c(N)c1N=Nc1ccc(F)cc1Cl. The number of benzene rings is 1. The fourth-order valence-corrected chi connectivity index (χ4v) is 1.34. The molecule has 0 aliphatic heterocycles. The van der Waals surface area contributed by atoms with Gasteiger partial charge in [-0.05, 0) is 18.2 Å². The lowest BCUT2D eigenvalue weighted by Gasteiger charge is -1.96. The first-order chi connectivity index (χ1) is 8.08. The molecule has 0 fully saturated rings. The minimum absolute atomic E-state index is 0.129. The van der Waals surface area contributed by atoms with Crippen molar-refractivity contribution in [1.29, 1.82) is 0 Å². The first-order valence-electron chi connectivity index (χ1n) is 4.54. The summed E-state index contributed by atoms with van der Waals surface area (Å²) in [7, 11) is 0. The van der Waals surface area contributed by atoms with Gasteiger partial charge in [0.05, 0.1) is 5.02 Å². The summed E-state index contributed by atoms with van der Waals surface area (Å²) in [6.45, 7) is 0. The van der Waals surface area contributed by atoms with Crippen LogP contribution in [-0.4, -0.2) is 10.2 Å². The zero-order chi connectivity index (χ0) is 12.4. The van der Waals surface area contributed by atoms with Crippen LogP contribution in [0.25, 0.3) is 0 Å². The smallest absolute Gasteiger partial charge is 0.175 e. The molecule has 1 heterocycles. The van der Waals surface area contributed by atoms with Gasteiger partial charge in [-0.1, -0.05) is 11.6 Å². The Morgan fingerprint density at radius 3 is 2.65 bits per heavy atom. The maximum atomic E-state index is 12.8. The lowest BCUT2D eigenvalue weighted by atomic mass is 10.3. The Morgan fingerprint density at radius 2 is 2.06 bits per heavy atom. The number of nitrogens with one attached hydrogen (secondary N) is 1. The predicted octanol–water partition coefficient (Wildman–Crippen LogP) is 2.78. The summed E-state index contributed by atoms with van der Waals surface area (Å²) in [5, 5.41) is 13.9. The van der Waals surface area contributed by atoms with Gasteiger partial charge in [0.15, 0.2) is 11.5 Å². The van der Waals surface area contributed by atoms with E-state index in [0.29, 0.717) is 5.69 Å². The largest absolute Gasteiger partial charge is 0.382 e. The number of anilines is 2. The van der Waals surface area contributed by atoms with E-state index in [1.54, 1.807) is 0 Å². The zero-order valence-corrected chi connectivity index (χ0v) is 9.24. The van der Waals surface area contributed by atoms with Crippen molar-refractivity contribution in [2.45, 2.75) is 0 Å². The molecule has 0 spiro atoms. The van der Waals surface area contributed by atoms with E-state index in [1.807, 2.05) is 0 Å². The third kappa shape index (κ3) is 2.34. The average Bonchev–Trinajstić information content (AvgIpc) is 2.58. The number of rotatable bonds is 2. The molecule has 0 saturated carbocycles. The molecular formula is C9H8ClFN6. The van der Waals surface area contributed by atoms with Crippen molar-refractivity contribution in [1.82, 2.24) is 10.2 Å². The molecule has 6 nitrogen and oxygen atoms in total. The number of halogens is 2. The van der Waals surface area contributed by atoms with Crippen LogP contribution in [0, 0.1) is 5.82 Å². The van der Waals surface area contributed by atoms with Crippen LogP contribution < -0.4 is 11.5 Å². The number of azo groups is 1. The highest BCUT2D eigenvalue weighted by Crippen LogP contribution is 2.31. The second kappa shape index (κ2) is 4.38. The number of nitrogens with two attached hydrogens (primary N) is 2. The summed E-state index contributed by atoms with van der Waals surface area (Å²) < 4.78 is 12.8. The number of nitrogen functional groups attached to an aromatic ring is 2. The number of hydrogen-bond donors (Lipinski definition) is 3. The third-order valence-corrected chi connectivity index (χ3v) is 2.26. The van der Waals surface area contributed by atoms with Gasteiger partial charge in [-0.25, -0.2) is 4.39 Å². The highest BCUT2D eigenvalue weighted by molar-refractivity contribution is 6.32. The van der Waals surface area contributed by atoms with Gasteiger partial charge in [-0.2, -0.15) is 5.10 Å². The topological polar surface area (TPSA) is 105 Å². The van der Waals surface area contributed by atoms with Crippen LogP contribution >= 0.6 is 11.6 Å². The Kier molecular flexibility index (Phi) is 2.92. The first-order valence-corrected chi connectivity index (χ1v) is 4.92. The molecule has 1 aromatic heterocycles. The van der Waals surface area contributed by atoms with Crippen LogP contribution in [0.3, 0.4) is 0 Å². The zero-order valence-electron chi connectivity index (χ0n) is 8.48. The van der Waals surface area contributed by atoms with Gasteiger partial charge in [-0.15, -0.1) is 10.2 Å². The van der Waals surface area contributed by atoms with E-state index in [4.69, 9.17) is 23.1 Å². The van der Waals surface area contributed by atoms with E-state index in [0.717, 1.165) is 6.07 Å². The van der Waals surface area contributed by atoms with Crippen molar-refractivity contribution in [3.63, 3.8) is 0 Å². The number of H-pyrrole nitrogens is 1. The molecule has 17 heavy (non-hydrogen) atoms. The van der Waals surface area contributed by atoms with E-state index < -0.39 is 5.82 Å². The molecule has 0 atom stereocenters. The molecule has 2 aromatic rings. The monoisotopic (exact) mass is 254 g/mol. The molecule has 1 aromatic carbocycles. The lowest BCUT2D eigenvalue weighted by Crippen LogP contribution is -1.84. The maximum Gasteiger partial charge on any atom is 0.175 e. The van der Waals surface area contributed by atoms with E-state index in [2.05, 4.69) is 20.4 Å². The van der Waals surface area contributed by atoms with E-state index >= 15 is 0 Å². The van der Waals surface area contributed by atoms with Gasteiger partial charge in [0, 0.05) is 0 Å². The Morgan fingerprint density at radius 1 is 1.29 bits per heavy atom. The van der Waals surface area contributed by atoms with Crippen molar-refractivity contribution < 1.29 is 4.39 Å². The predicted molar refractivity (Wildman–Crippen MR) is 63.0 cm³/mol. The van der Waals surface area contributed by atoms with E-state index in [-0.39, 0.29) is 22.3 Å².